The molecule has 1 heterocycles. The van der Waals surface area contributed by atoms with Gasteiger partial charge in [-0.05, 0) is 24.3 Å². The molecule has 0 bridgehead atoms. The van der Waals surface area contributed by atoms with Crippen LogP contribution in [0, 0.1) is 0 Å². The van der Waals surface area contributed by atoms with Crippen molar-refractivity contribution in [1.82, 2.24) is 4.57 Å². The first kappa shape index (κ1) is 11.5. The molecule has 2 aromatic rings. The fourth-order valence-corrected chi connectivity index (χ4v) is 1.69. The maximum absolute atomic E-state index is 10.4. The van der Waals surface area contributed by atoms with E-state index in [1.54, 1.807) is 0 Å². The van der Waals surface area contributed by atoms with Crippen molar-refractivity contribution in [2.45, 2.75) is 0 Å². The van der Waals surface area contributed by atoms with Gasteiger partial charge in [0.15, 0.2) is 11.8 Å². The Kier molecular flexibility index (Phi) is 3.03. The normalized spacial score (nSPS) is 12.3. The van der Waals surface area contributed by atoms with Gasteiger partial charge in [0.1, 0.15) is 5.75 Å². The number of nitrogens with zero attached hydrogens (tertiary/aromatic N) is 1. The van der Waals surface area contributed by atoms with Gasteiger partial charge in [0, 0.05) is 12.1 Å². The fraction of sp³-hybridized carbons (Fsp3) is 0. The van der Waals surface area contributed by atoms with Crippen molar-refractivity contribution < 1.29 is 23.2 Å². The van der Waals surface area contributed by atoms with Gasteiger partial charge in [-0.15, -0.1) is 0 Å². The Morgan fingerprint density at radius 1 is 1.00 bits per heavy atom. The molecular formula is C10H9NO5S. The van der Waals surface area contributed by atoms with E-state index in [0.29, 0.717) is 5.69 Å². The quantitative estimate of drug-likeness (QED) is 0.721. The molecule has 1 unspecified atom stereocenters. The number of aromatic nitrogens is 1. The van der Waals surface area contributed by atoms with Gasteiger partial charge in [0.05, 0.1) is 5.69 Å². The van der Waals surface area contributed by atoms with Gasteiger partial charge in [-0.2, -0.15) is 4.21 Å². The molecule has 17 heavy (non-hydrogen) atoms. The predicted molar refractivity (Wildman–Crippen MR) is 60.5 cm³/mol. The number of hydrogen-bond acceptors (Lipinski definition) is 4. The molecule has 0 fully saturated rings. The Morgan fingerprint density at radius 2 is 1.53 bits per heavy atom. The molecule has 0 radical (unpaired) electrons. The maximum atomic E-state index is 10.4. The van der Waals surface area contributed by atoms with Crippen molar-refractivity contribution in [3.63, 3.8) is 0 Å². The standard InChI is InChI=1S/C10H9NO5S/c12-9-5-6-10(13)11(9)7-1-3-8(4-2-7)16-17(14)15/h1-6,12-13H,(H,14,15). The lowest BCUT2D eigenvalue weighted by molar-refractivity contribution is 0.402. The minimum Gasteiger partial charge on any atom is -0.494 e. The van der Waals surface area contributed by atoms with Crippen molar-refractivity contribution in [2.24, 2.45) is 0 Å². The smallest absolute Gasteiger partial charge is 0.357 e. The fourth-order valence-electron chi connectivity index (χ4n) is 1.41. The van der Waals surface area contributed by atoms with Crippen LogP contribution in [-0.2, 0) is 11.4 Å². The van der Waals surface area contributed by atoms with Crippen LogP contribution in [0.5, 0.6) is 17.5 Å². The molecule has 0 aliphatic heterocycles. The van der Waals surface area contributed by atoms with Crippen LogP contribution in [0.25, 0.3) is 5.69 Å². The Labute approximate surface area is 99.2 Å². The number of benzene rings is 1. The van der Waals surface area contributed by atoms with Gasteiger partial charge in [-0.3, -0.25) is 9.12 Å². The van der Waals surface area contributed by atoms with E-state index < -0.39 is 11.4 Å². The third-order valence-electron chi connectivity index (χ3n) is 2.10. The van der Waals surface area contributed by atoms with E-state index in [9.17, 15) is 14.4 Å². The lowest BCUT2D eigenvalue weighted by atomic mass is 10.3. The molecular weight excluding hydrogens is 246 g/mol. The highest BCUT2D eigenvalue weighted by atomic mass is 32.2. The molecule has 1 aromatic carbocycles. The molecule has 6 nitrogen and oxygen atoms in total. The van der Waals surface area contributed by atoms with Crippen LogP contribution in [0.15, 0.2) is 36.4 Å². The molecule has 3 N–H and O–H groups in total. The third-order valence-corrected chi connectivity index (χ3v) is 2.44. The summed E-state index contributed by atoms with van der Waals surface area (Å²) in [6.07, 6.45) is 0. The van der Waals surface area contributed by atoms with Crippen LogP contribution < -0.4 is 4.18 Å². The Bertz CT molecular complexity index is 529. The zero-order chi connectivity index (χ0) is 12.4. The number of rotatable bonds is 3. The Morgan fingerprint density at radius 3 is 2.00 bits per heavy atom. The van der Waals surface area contributed by atoms with E-state index in [-0.39, 0.29) is 17.5 Å². The van der Waals surface area contributed by atoms with E-state index in [0.717, 1.165) is 0 Å². The van der Waals surface area contributed by atoms with E-state index in [4.69, 9.17) is 4.55 Å². The summed E-state index contributed by atoms with van der Waals surface area (Å²) in [7, 11) is 0. The summed E-state index contributed by atoms with van der Waals surface area (Å²) >= 11 is -2.37. The average molecular weight is 255 g/mol. The third kappa shape index (κ3) is 2.40. The zero-order valence-electron chi connectivity index (χ0n) is 8.48. The van der Waals surface area contributed by atoms with E-state index in [2.05, 4.69) is 4.18 Å². The summed E-state index contributed by atoms with van der Waals surface area (Å²) in [6, 6.07) is 8.65. The zero-order valence-corrected chi connectivity index (χ0v) is 9.29. The van der Waals surface area contributed by atoms with Crippen LogP contribution in [0.1, 0.15) is 0 Å². The van der Waals surface area contributed by atoms with Gasteiger partial charge in [-0.25, -0.2) is 0 Å². The second kappa shape index (κ2) is 4.48. The van der Waals surface area contributed by atoms with Crippen LogP contribution >= 0.6 is 0 Å². The Balaban J connectivity index is 2.33. The minimum atomic E-state index is -2.37. The SMILES string of the molecule is O=S(O)Oc1ccc(-n2c(O)ccc2O)cc1. The van der Waals surface area contributed by atoms with E-state index in [1.165, 1.54) is 41.0 Å². The summed E-state index contributed by atoms with van der Waals surface area (Å²) in [6.45, 7) is 0. The molecule has 1 aromatic heterocycles. The van der Waals surface area contributed by atoms with Gasteiger partial charge in [-0.1, -0.05) is 0 Å². The van der Waals surface area contributed by atoms with Crippen molar-refractivity contribution in [2.75, 3.05) is 0 Å². The van der Waals surface area contributed by atoms with Crippen LogP contribution in [0.4, 0.5) is 0 Å². The number of aromatic hydroxyl groups is 2. The monoisotopic (exact) mass is 255 g/mol. The second-order valence-corrected chi connectivity index (χ2v) is 3.78. The van der Waals surface area contributed by atoms with Gasteiger partial charge in [0.2, 0.25) is 0 Å². The molecule has 0 amide bonds. The van der Waals surface area contributed by atoms with E-state index >= 15 is 0 Å². The van der Waals surface area contributed by atoms with Crippen LogP contribution in [0.2, 0.25) is 0 Å². The summed E-state index contributed by atoms with van der Waals surface area (Å²) in [4.78, 5) is 0. The van der Waals surface area contributed by atoms with Gasteiger partial charge >= 0.3 is 11.4 Å². The summed E-state index contributed by atoms with van der Waals surface area (Å²) < 4.78 is 24.7. The highest BCUT2D eigenvalue weighted by molar-refractivity contribution is 7.74. The molecule has 7 heteroatoms. The summed E-state index contributed by atoms with van der Waals surface area (Å²) in [5, 5.41) is 19.0. The highest BCUT2D eigenvalue weighted by Gasteiger charge is 2.08. The Hall–Kier alpha value is -1.99. The first-order valence-corrected chi connectivity index (χ1v) is 5.60. The summed E-state index contributed by atoms with van der Waals surface area (Å²) in [5.74, 6) is -0.00970. The van der Waals surface area contributed by atoms with Crippen molar-refractivity contribution >= 4 is 11.4 Å². The lowest BCUT2D eigenvalue weighted by Crippen LogP contribution is -1.98. The molecule has 0 aliphatic carbocycles. The lowest BCUT2D eigenvalue weighted by Gasteiger charge is -2.07. The molecule has 1 atom stereocenters. The maximum Gasteiger partial charge on any atom is 0.357 e. The molecule has 90 valence electrons. The largest absolute Gasteiger partial charge is 0.494 e. The highest BCUT2D eigenvalue weighted by Crippen LogP contribution is 2.27. The first-order chi connectivity index (χ1) is 8.08. The van der Waals surface area contributed by atoms with Crippen molar-refractivity contribution in [1.29, 1.82) is 0 Å². The molecule has 0 aliphatic rings. The molecule has 0 spiro atoms. The van der Waals surface area contributed by atoms with Crippen LogP contribution in [-0.4, -0.2) is 23.5 Å². The predicted octanol–water partition coefficient (Wildman–Crippen LogP) is 1.40. The van der Waals surface area contributed by atoms with Crippen molar-refractivity contribution in [3.8, 4) is 23.2 Å². The first-order valence-electron chi connectivity index (χ1n) is 4.57. The molecule has 0 saturated carbocycles. The van der Waals surface area contributed by atoms with Gasteiger partial charge < -0.3 is 14.4 Å². The van der Waals surface area contributed by atoms with Crippen LogP contribution in [0.3, 0.4) is 0 Å². The molecule has 0 saturated heterocycles. The van der Waals surface area contributed by atoms with Gasteiger partial charge in [0.25, 0.3) is 0 Å². The second-order valence-electron chi connectivity index (χ2n) is 3.18. The van der Waals surface area contributed by atoms with E-state index in [1.807, 2.05) is 0 Å². The topological polar surface area (TPSA) is 91.9 Å². The summed E-state index contributed by atoms with van der Waals surface area (Å²) in [5.41, 5.74) is 0.501. The average Bonchev–Trinajstić information content (AvgIpc) is 2.59. The van der Waals surface area contributed by atoms with Crippen molar-refractivity contribution in [3.05, 3.63) is 36.4 Å². The number of hydrogen-bond donors (Lipinski definition) is 3. The molecule has 2 rings (SSSR count). The minimum absolute atomic E-state index is 0.109.